The van der Waals surface area contributed by atoms with Gasteiger partial charge in [0.15, 0.2) is 0 Å². The minimum atomic E-state index is -2.61. The van der Waals surface area contributed by atoms with Crippen molar-refractivity contribution in [3.05, 3.63) is 34.9 Å². The van der Waals surface area contributed by atoms with Crippen LogP contribution >= 0.6 is 11.8 Å². The number of hydrogen-bond donors (Lipinski definition) is 1. The van der Waals surface area contributed by atoms with Gasteiger partial charge in [0.25, 0.3) is 0 Å². The van der Waals surface area contributed by atoms with Gasteiger partial charge < -0.3 is 10.2 Å². The van der Waals surface area contributed by atoms with Crippen molar-refractivity contribution < 1.29 is 13.6 Å². The summed E-state index contributed by atoms with van der Waals surface area (Å²) < 4.78 is 27.0. The molecule has 1 N–H and O–H groups in total. The molecule has 6 heteroatoms. The van der Waals surface area contributed by atoms with Crippen LogP contribution in [0.2, 0.25) is 0 Å². The van der Waals surface area contributed by atoms with Crippen LogP contribution in [-0.4, -0.2) is 41.6 Å². The zero-order chi connectivity index (χ0) is 25.0. The van der Waals surface area contributed by atoms with Gasteiger partial charge in [0.1, 0.15) is 0 Å². The molecular formula is C27H46F2N2OS. The highest BCUT2D eigenvalue weighted by molar-refractivity contribution is 8.02. The minimum absolute atomic E-state index is 0.0812. The Morgan fingerprint density at radius 3 is 2.48 bits per heavy atom. The maximum atomic E-state index is 13.5. The van der Waals surface area contributed by atoms with Crippen molar-refractivity contribution in [3.63, 3.8) is 0 Å². The van der Waals surface area contributed by atoms with E-state index in [1.54, 1.807) is 11.8 Å². The minimum Gasteiger partial charge on any atom is -0.372 e. The molecule has 1 aliphatic heterocycles. The van der Waals surface area contributed by atoms with Crippen LogP contribution in [-0.2, 0) is 4.79 Å². The van der Waals surface area contributed by atoms with Crippen LogP contribution in [0, 0.1) is 11.8 Å². The van der Waals surface area contributed by atoms with Crippen LogP contribution < -0.4 is 5.32 Å². The Bertz CT molecular complexity index is 680. The number of nitrogens with zero attached hydrogens (tertiary/aromatic N) is 1. The molecule has 1 heterocycles. The van der Waals surface area contributed by atoms with Crippen molar-refractivity contribution in [1.29, 1.82) is 0 Å². The van der Waals surface area contributed by atoms with Crippen molar-refractivity contribution in [2.75, 3.05) is 12.8 Å². The molecule has 1 saturated carbocycles. The first-order chi connectivity index (χ1) is 15.6. The van der Waals surface area contributed by atoms with E-state index in [0.717, 1.165) is 19.4 Å². The third-order valence-corrected chi connectivity index (χ3v) is 7.41. The van der Waals surface area contributed by atoms with Gasteiger partial charge in [-0.25, -0.2) is 8.78 Å². The maximum absolute atomic E-state index is 13.5. The van der Waals surface area contributed by atoms with Gasteiger partial charge in [-0.15, -0.1) is 11.8 Å². The van der Waals surface area contributed by atoms with Gasteiger partial charge in [-0.2, -0.15) is 0 Å². The number of piperidine rings is 1. The summed E-state index contributed by atoms with van der Waals surface area (Å²) in [5.41, 5.74) is 1.38. The molecule has 3 atom stereocenters. The average molecular weight is 485 g/mol. The number of hydrogen-bond acceptors (Lipinski definition) is 3. The van der Waals surface area contributed by atoms with E-state index in [9.17, 15) is 13.6 Å². The van der Waals surface area contributed by atoms with Crippen LogP contribution in [0.4, 0.5) is 8.78 Å². The summed E-state index contributed by atoms with van der Waals surface area (Å²) in [4.78, 5) is 16.5. The van der Waals surface area contributed by atoms with E-state index in [-0.39, 0.29) is 43.6 Å². The summed E-state index contributed by atoms with van der Waals surface area (Å²) >= 11 is 1.69. The monoisotopic (exact) mass is 484 g/mol. The van der Waals surface area contributed by atoms with E-state index in [2.05, 4.69) is 44.0 Å². The van der Waals surface area contributed by atoms with Gasteiger partial charge >= 0.3 is 0 Å². The second-order valence-corrected chi connectivity index (χ2v) is 10.3. The molecule has 1 aliphatic carbocycles. The molecule has 190 valence electrons. The fourth-order valence-corrected chi connectivity index (χ4v) is 4.90. The molecule has 2 aliphatic rings. The lowest BCUT2D eigenvalue weighted by molar-refractivity contribution is -0.129. The van der Waals surface area contributed by atoms with Gasteiger partial charge in [-0.3, -0.25) is 4.79 Å². The van der Waals surface area contributed by atoms with E-state index in [4.69, 9.17) is 0 Å². The number of likely N-dealkylation sites (tertiary alicyclic amines) is 1. The molecule has 1 saturated heterocycles. The summed E-state index contributed by atoms with van der Waals surface area (Å²) in [6, 6.07) is 0.375. The number of amides is 1. The molecule has 0 aromatic rings. The number of thioether (sulfide) groups is 1. The molecule has 0 radical (unpaired) electrons. The first kappa shape index (κ1) is 29.7. The van der Waals surface area contributed by atoms with Crippen molar-refractivity contribution in [2.45, 2.75) is 104 Å². The third kappa shape index (κ3) is 10.2. The largest absolute Gasteiger partial charge is 0.372 e. The van der Waals surface area contributed by atoms with Crippen LogP contribution in [0.3, 0.4) is 0 Å². The molecular weight excluding hydrogens is 438 g/mol. The maximum Gasteiger partial charge on any atom is 0.248 e. The fourth-order valence-electron chi connectivity index (χ4n) is 4.69. The Morgan fingerprint density at radius 2 is 1.91 bits per heavy atom. The molecule has 33 heavy (non-hydrogen) atoms. The summed E-state index contributed by atoms with van der Waals surface area (Å²) in [5.74, 6) is -2.31. The number of alkyl halides is 2. The van der Waals surface area contributed by atoms with Crippen LogP contribution in [0.5, 0.6) is 0 Å². The van der Waals surface area contributed by atoms with E-state index in [1.165, 1.54) is 17.0 Å². The van der Waals surface area contributed by atoms with E-state index >= 15 is 0 Å². The highest BCUT2D eigenvalue weighted by Crippen LogP contribution is 2.36. The van der Waals surface area contributed by atoms with E-state index < -0.39 is 5.92 Å². The molecule has 1 amide bonds. The normalized spacial score (nSPS) is 26.2. The first-order valence-corrected chi connectivity index (χ1v) is 13.9. The van der Waals surface area contributed by atoms with Crippen molar-refractivity contribution in [3.8, 4) is 0 Å². The zero-order valence-corrected chi connectivity index (χ0v) is 22.6. The Labute approximate surface area is 205 Å². The van der Waals surface area contributed by atoms with Gasteiger partial charge in [-0.1, -0.05) is 45.1 Å². The molecule has 0 spiro atoms. The first-order valence-electron chi connectivity index (χ1n) is 12.6. The predicted octanol–water partition coefficient (Wildman–Crippen LogP) is 7.56. The second-order valence-electron chi connectivity index (χ2n) is 9.27. The SMILES string of the molecule is C/C=C1/CC(C)C[C@@H](C)N1CC[C@@H](/C=C/C=C(/C)SC)NC(=O)C1CCC(F)(F)CC1.CC. The summed E-state index contributed by atoms with van der Waals surface area (Å²) in [6.07, 6.45) is 13.6. The number of allylic oxidation sites excluding steroid dienone is 5. The smallest absolute Gasteiger partial charge is 0.248 e. The Hall–Kier alpha value is -1.30. The van der Waals surface area contributed by atoms with E-state index in [0.29, 0.717) is 12.0 Å². The summed E-state index contributed by atoms with van der Waals surface area (Å²) in [6.45, 7) is 13.6. The van der Waals surface area contributed by atoms with Gasteiger partial charge in [0.05, 0.1) is 0 Å². The lowest BCUT2D eigenvalue weighted by Crippen LogP contribution is -2.44. The number of halogens is 2. The van der Waals surface area contributed by atoms with Crippen molar-refractivity contribution >= 4 is 17.7 Å². The Morgan fingerprint density at radius 1 is 1.27 bits per heavy atom. The van der Waals surface area contributed by atoms with Gasteiger partial charge in [0.2, 0.25) is 11.8 Å². The second kappa shape index (κ2) is 14.9. The Kier molecular flexibility index (Phi) is 13.4. The van der Waals surface area contributed by atoms with Gasteiger partial charge in [0, 0.05) is 43.1 Å². The highest BCUT2D eigenvalue weighted by Gasteiger charge is 2.37. The highest BCUT2D eigenvalue weighted by atomic mass is 32.2. The van der Waals surface area contributed by atoms with E-state index in [1.807, 2.05) is 38.3 Å². The molecule has 3 nitrogen and oxygen atoms in total. The lowest BCUT2D eigenvalue weighted by atomic mass is 9.86. The summed E-state index contributed by atoms with van der Waals surface area (Å²) in [7, 11) is 0. The number of carbonyl (C=O) groups is 1. The molecule has 0 bridgehead atoms. The lowest BCUT2D eigenvalue weighted by Gasteiger charge is -2.41. The fraction of sp³-hybridized carbons (Fsp3) is 0.741. The third-order valence-electron chi connectivity index (χ3n) is 6.63. The molecule has 2 fully saturated rings. The van der Waals surface area contributed by atoms with Gasteiger partial charge in [-0.05, 0) is 70.0 Å². The number of nitrogens with one attached hydrogen (secondary N) is 1. The molecule has 1 unspecified atom stereocenters. The summed E-state index contributed by atoms with van der Waals surface area (Å²) in [5, 5.41) is 3.15. The standard InChI is InChI=1S/C25H40F2N2OS.C2H6/c1-6-23-17-18(2)16-19(3)29(23)15-12-22(9-7-8-20(4)31-5)28-24(30)21-10-13-25(26,27)14-11-21;1-2/h6-9,18-19,21-22H,10-17H2,1-5H3,(H,28,30);1-2H3/b9-7+,20-8-,23-6-;/t18?,19-,22-;/m1./s1. The van der Waals surface area contributed by atoms with Crippen LogP contribution in [0.15, 0.2) is 34.9 Å². The Balaban J connectivity index is 0.00000265. The predicted molar refractivity (Wildman–Crippen MR) is 140 cm³/mol. The topological polar surface area (TPSA) is 32.3 Å². The van der Waals surface area contributed by atoms with Crippen molar-refractivity contribution in [2.24, 2.45) is 11.8 Å². The zero-order valence-electron chi connectivity index (χ0n) is 21.8. The number of rotatable bonds is 8. The van der Waals surface area contributed by atoms with Crippen LogP contribution in [0.25, 0.3) is 0 Å². The molecule has 0 aromatic heterocycles. The quantitative estimate of drug-likeness (QED) is 0.361. The van der Waals surface area contributed by atoms with Crippen molar-refractivity contribution in [1.82, 2.24) is 10.2 Å². The van der Waals surface area contributed by atoms with Crippen LogP contribution in [0.1, 0.15) is 86.5 Å². The molecule has 0 aromatic carbocycles. The number of carbonyl (C=O) groups excluding carboxylic acids is 1. The average Bonchev–Trinajstić information content (AvgIpc) is 2.78. The molecule has 2 rings (SSSR count).